The molecule has 0 bridgehead atoms. The Morgan fingerprint density at radius 3 is 2.70 bits per heavy atom. The summed E-state index contributed by atoms with van der Waals surface area (Å²) in [4.78, 5) is 11.9. The van der Waals surface area contributed by atoms with Gasteiger partial charge in [0, 0.05) is 28.9 Å². The average molecular weight is 331 g/mol. The van der Waals surface area contributed by atoms with Crippen molar-refractivity contribution in [2.45, 2.75) is 12.5 Å². The molecule has 1 fully saturated rings. The third kappa shape index (κ3) is 2.48. The van der Waals surface area contributed by atoms with Gasteiger partial charge in [0.25, 0.3) is 0 Å². The highest BCUT2D eigenvalue weighted by atomic mass is 35.5. The first kappa shape index (κ1) is 15.8. The van der Waals surface area contributed by atoms with Crippen LogP contribution < -0.4 is 5.32 Å². The van der Waals surface area contributed by atoms with Gasteiger partial charge >= 0.3 is 5.97 Å². The quantitative estimate of drug-likeness (QED) is 0.731. The first-order valence-electron chi connectivity index (χ1n) is 7.61. The molecule has 0 radical (unpaired) electrons. The average Bonchev–Trinajstić information content (AvgIpc) is 3.18. The summed E-state index contributed by atoms with van der Waals surface area (Å²) in [6, 6.07) is 14.7. The molecule has 120 valence electrons. The number of para-hydroxylation sites is 1. The van der Waals surface area contributed by atoms with Crippen molar-refractivity contribution in [3.8, 4) is 0 Å². The number of halogens is 1. The van der Waals surface area contributed by atoms with Crippen LogP contribution in [0.1, 0.15) is 22.8 Å². The Bertz CT molecular complexity index is 866. The molecule has 0 aliphatic carbocycles. The largest absolute Gasteiger partial charge is 0.465 e. The van der Waals surface area contributed by atoms with E-state index in [4.69, 9.17) is 4.74 Å². The fourth-order valence-electron chi connectivity index (χ4n) is 3.50. The van der Waals surface area contributed by atoms with E-state index in [9.17, 15) is 4.79 Å². The number of rotatable bonds is 2. The molecule has 2 aromatic carbocycles. The Kier molecular flexibility index (Phi) is 4.28. The molecule has 23 heavy (non-hydrogen) atoms. The molecule has 2 heterocycles. The molecule has 0 unspecified atom stereocenters. The molecule has 5 heteroatoms. The maximum Gasteiger partial charge on any atom is 0.337 e. The second-order valence-electron chi connectivity index (χ2n) is 5.76. The number of hydrogen-bond donors (Lipinski definition) is 1. The summed E-state index contributed by atoms with van der Waals surface area (Å²) >= 11 is 0. The molecule has 1 saturated heterocycles. The van der Waals surface area contributed by atoms with Gasteiger partial charge in [-0.05, 0) is 31.2 Å². The van der Waals surface area contributed by atoms with Gasteiger partial charge in [0.05, 0.1) is 18.2 Å². The highest BCUT2D eigenvalue weighted by molar-refractivity contribution is 6.09. The van der Waals surface area contributed by atoms with E-state index in [-0.39, 0.29) is 18.4 Å². The monoisotopic (exact) mass is 330 g/mol. The van der Waals surface area contributed by atoms with Crippen molar-refractivity contribution in [3.63, 3.8) is 0 Å². The lowest BCUT2D eigenvalue weighted by atomic mass is 10.1. The van der Waals surface area contributed by atoms with Gasteiger partial charge in [-0.3, -0.25) is 0 Å². The Labute approximate surface area is 140 Å². The van der Waals surface area contributed by atoms with Crippen LogP contribution >= 0.6 is 12.4 Å². The number of carbonyl (C=O) groups excluding carboxylic acids is 1. The first-order valence-corrected chi connectivity index (χ1v) is 7.61. The van der Waals surface area contributed by atoms with Gasteiger partial charge in [-0.2, -0.15) is 0 Å². The van der Waals surface area contributed by atoms with Crippen molar-refractivity contribution >= 4 is 40.2 Å². The minimum Gasteiger partial charge on any atom is -0.465 e. The van der Waals surface area contributed by atoms with Crippen molar-refractivity contribution in [1.29, 1.82) is 0 Å². The molecule has 1 aliphatic rings. The molecule has 1 atom stereocenters. The van der Waals surface area contributed by atoms with E-state index >= 15 is 0 Å². The number of fused-ring (bicyclic) bond motifs is 3. The topological polar surface area (TPSA) is 43.3 Å². The van der Waals surface area contributed by atoms with Crippen LogP contribution in [0.5, 0.6) is 0 Å². The molecular formula is C18H19ClN2O2. The zero-order valence-electron chi connectivity index (χ0n) is 12.9. The Balaban J connectivity index is 0.00000156. The van der Waals surface area contributed by atoms with E-state index in [2.05, 4.69) is 34.1 Å². The molecule has 0 amide bonds. The normalized spacial score (nSPS) is 17.3. The predicted octanol–water partition coefficient (Wildman–Crippen LogP) is 3.54. The molecule has 0 saturated carbocycles. The van der Waals surface area contributed by atoms with Gasteiger partial charge in [0.15, 0.2) is 0 Å². The van der Waals surface area contributed by atoms with Gasteiger partial charge < -0.3 is 14.6 Å². The number of carbonyl (C=O) groups is 1. The van der Waals surface area contributed by atoms with E-state index in [0.29, 0.717) is 11.6 Å². The van der Waals surface area contributed by atoms with E-state index in [1.165, 1.54) is 23.4 Å². The van der Waals surface area contributed by atoms with Crippen molar-refractivity contribution in [2.24, 2.45) is 0 Å². The Morgan fingerprint density at radius 1 is 1.17 bits per heavy atom. The summed E-state index contributed by atoms with van der Waals surface area (Å²) in [7, 11) is 1.42. The Hall–Kier alpha value is -2.04. The number of nitrogens with one attached hydrogen (secondary N) is 1. The number of hydrogen-bond acceptors (Lipinski definition) is 3. The lowest BCUT2D eigenvalue weighted by Gasteiger charge is -2.15. The van der Waals surface area contributed by atoms with Crippen molar-refractivity contribution in [3.05, 3.63) is 48.0 Å². The maximum atomic E-state index is 11.9. The molecule has 1 aliphatic heterocycles. The summed E-state index contributed by atoms with van der Waals surface area (Å²) < 4.78 is 7.24. The number of benzene rings is 2. The highest BCUT2D eigenvalue weighted by Gasteiger charge is 2.22. The van der Waals surface area contributed by atoms with Crippen LogP contribution in [0.25, 0.3) is 21.8 Å². The lowest BCUT2D eigenvalue weighted by Crippen LogP contribution is -2.13. The van der Waals surface area contributed by atoms with Crippen molar-refractivity contribution in [2.75, 3.05) is 20.2 Å². The second-order valence-corrected chi connectivity index (χ2v) is 5.76. The van der Waals surface area contributed by atoms with Crippen LogP contribution in [0.4, 0.5) is 0 Å². The summed E-state index contributed by atoms with van der Waals surface area (Å²) in [6.07, 6.45) is 1.11. The van der Waals surface area contributed by atoms with Gasteiger partial charge in [-0.1, -0.05) is 24.3 Å². The number of esters is 1. The summed E-state index contributed by atoms with van der Waals surface area (Å²) in [6.45, 7) is 2.01. The fourth-order valence-corrected chi connectivity index (χ4v) is 3.50. The van der Waals surface area contributed by atoms with Gasteiger partial charge in [0.1, 0.15) is 0 Å². The zero-order chi connectivity index (χ0) is 15.1. The highest BCUT2D eigenvalue weighted by Crippen LogP contribution is 2.34. The smallest absolute Gasteiger partial charge is 0.337 e. The van der Waals surface area contributed by atoms with E-state index in [1.54, 1.807) is 0 Å². The fraction of sp³-hybridized carbons (Fsp3) is 0.278. The van der Waals surface area contributed by atoms with Crippen LogP contribution in [0.15, 0.2) is 42.5 Å². The third-order valence-corrected chi connectivity index (χ3v) is 4.53. The van der Waals surface area contributed by atoms with Crippen LogP contribution in [0.2, 0.25) is 0 Å². The molecule has 4 rings (SSSR count). The molecule has 0 spiro atoms. The van der Waals surface area contributed by atoms with Gasteiger partial charge in [-0.15, -0.1) is 12.4 Å². The summed E-state index contributed by atoms with van der Waals surface area (Å²) in [5, 5.41) is 5.85. The van der Waals surface area contributed by atoms with Gasteiger partial charge in [-0.25, -0.2) is 4.79 Å². The van der Waals surface area contributed by atoms with Crippen molar-refractivity contribution < 1.29 is 9.53 Å². The molecule has 1 N–H and O–H groups in total. The van der Waals surface area contributed by atoms with E-state index < -0.39 is 0 Å². The molecule has 4 nitrogen and oxygen atoms in total. The lowest BCUT2D eigenvalue weighted by molar-refractivity contribution is 0.0601. The predicted molar refractivity (Wildman–Crippen MR) is 94.6 cm³/mol. The Morgan fingerprint density at radius 2 is 1.96 bits per heavy atom. The van der Waals surface area contributed by atoms with Crippen LogP contribution in [-0.4, -0.2) is 30.7 Å². The minimum atomic E-state index is -0.289. The summed E-state index contributed by atoms with van der Waals surface area (Å²) in [5.74, 6) is -0.289. The van der Waals surface area contributed by atoms with Gasteiger partial charge in [0.2, 0.25) is 0 Å². The van der Waals surface area contributed by atoms with E-state index in [1.807, 2.05) is 18.2 Å². The van der Waals surface area contributed by atoms with Crippen LogP contribution in [0, 0.1) is 0 Å². The van der Waals surface area contributed by atoms with Crippen LogP contribution in [0.3, 0.4) is 0 Å². The number of aromatic nitrogens is 1. The third-order valence-electron chi connectivity index (χ3n) is 4.53. The molecular weight excluding hydrogens is 312 g/mol. The maximum absolute atomic E-state index is 11.9. The van der Waals surface area contributed by atoms with E-state index in [0.717, 1.165) is 25.0 Å². The van der Waals surface area contributed by atoms with Crippen LogP contribution in [-0.2, 0) is 4.74 Å². The molecule has 3 aromatic rings. The SMILES string of the molecule is COC(=O)c1ccc2c3ccccc3n([C@@H]3CCNC3)c2c1.Cl. The number of methoxy groups -OCH3 is 1. The second kappa shape index (κ2) is 6.22. The summed E-state index contributed by atoms with van der Waals surface area (Å²) in [5.41, 5.74) is 2.94. The first-order chi connectivity index (χ1) is 10.8. The zero-order valence-corrected chi connectivity index (χ0v) is 13.7. The number of nitrogens with zero attached hydrogens (tertiary/aromatic N) is 1. The number of ether oxygens (including phenoxy) is 1. The minimum absolute atomic E-state index is 0. The standard InChI is InChI=1S/C18H18N2O2.ClH/c1-22-18(21)12-6-7-15-14-4-2-3-5-16(14)20(17(15)10-12)13-8-9-19-11-13;/h2-7,10,13,19H,8-9,11H2,1H3;1H/t13-;/m1./s1. The van der Waals surface area contributed by atoms with Crippen molar-refractivity contribution in [1.82, 2.24) is 9.88 Å². The molecule has 1 aromatic heterocycles.